The molecule has 1 saturated heterocycles. The van der Waals surface area contributed by atoms with E-state index in [1.165, 1.54) is 12.0 Å². The fourth-order valence-corrected chi connectivity index (χ4v) is 3.77. The smallest absolute Gasteiger partial charge is 0.282 e. The molecule has 7 heteroatoms. The Kier molecular flexibility index (Phi) is 5.46. The molecule has 0 spiro atoms. The normalized spacial score (nSPS) is 17.0. The number of anilines is 1. The van der Waals surface area contributed by atoms with Crippen LogP contribution < -0.4 is 14.4 Å². The molecular weight excluding hydrogens is 384 g/mol. The molecule has 2 aromatic rings. The maximum absolute atomic E-state index is 13.6. The highest BCUT2D eigenvalue weighted by molar-refractivity contribution is 6.45. The number of ether oxygens (including phenoxy) is 3. The molecule has 2 aromatic carbocycles. The summed E-state index contributed by atoms with van der Waals surface area (Å²) >= 11 is 0. The average Bonchev–Trinajstić information content (AvgIpc) is 3.04. The third-order valence-electron chi connectivity index (χ3n) is 5.35. The quantitative estimate of drug-likeness (QED) is 0.709. The third kappa shape index (κ3) is 3.41. The summed E-state index contributed by atoms with van der Waals surface area (Å²) in [7, 11) is 3.05. The Balaban J connectivity index is 1.83. The molecule has 0 radical (unpaired) electrons. The molecule has 30 heavy (non-hydrogen) atoms. The number of morpholine rings is 1. The first-order valence-electron chi connectivity index (χ1n) is 9.80. The fraction of sp³-hybridized carbons (Fsp3) is 0.304. The topological polar surface area (TPSA) is 68.3 Å². The standard InChI is InChI=1S/C23H24N2O5/c1-15-4-6-16(7-5-15)20-21(24-10-12-30-13-11-24)23(27)25(22(20)26)18-9-8-17(28-2)14-19(18)29-3/h4-9,14H,10-13H2,1-3H3. The molecule has 2 aliphatic rings. The fourth-order valence-electron chi connectivity index (χ4n) is 3.77. The second kappa shape index (κ2) is 8.20. The van der Waals surface area contributed by atoms with Crippen LogP contribution in [0.25, 0.3) is 5.57 Å². The van der Waals surface area contributed by atoms with Gasteiger partial charge in [0, 0.05) is 19.2 Å². The van der Waals surface area contributed by atoms with Crippen molar-refractivity contribution in [3.63, 3.8) is 0 Å². The van der Waals surface area contributed by atoms with Crippen LogP contribution in [-0.4, -0.2) is 57.2 Å². The molecule has 0 bridgehead atoms. The first-order chi connectivity index (χ1) is 14.5. The zero-order valence-electron chi connectivity index (χ0n) is 17.3. The number of carbonyl (C=O) groups excluding carboxylic acids is 2. The molecule has 2 aliphatic heterocycles. The molecular formula is C23H24N2O5. The highest BCUT2D eigenvalue weighted by Crippen LogP contribution is 2.40. The van der Waals surface area contributed by atoms with Gasteiger partial charge in [-0.3, -0.25) is 9.59 Å². The predicted molar refractivity (Wildman–Crippen MR) is 113 cm³/mol. The molecule has 0 saturated carbocycles. The summed E-state index contributed by atoms with van der Waals surface area (Å²) < 4.78 is 16.1. The van der Waals surface area contributed by atoms with E-state index in [0.29, 0.717) is 54.8 Å². The van der Waals surface area contributed by atoms with Crippen LogP contribution in [0.1, 0.15) is 11.1 Å². The SMILES string of the molecule is COc1ccc(N2C(=O)C(c3ccc(C)cc3)=C(N3CCOCC3)C2=O)c(OC)c1. The molecule has 0 aromatic heterocycles. The number of hydrogen-bond acceptors (Lipinski definition) is 6. The van der Waals surface area contributed by atoms with Gasteiger partial charge in [-0.05, 0) is 24.6 Å². The van der Waals surface area contributed by atoms with Crippen molar-refractivity contribution < 1.29 is 23.8 Å². The maximum Gasteiger partial charge on any atom is 0.282 e. The van der Waals surface area contributed by atoms with E-state index in [1.807, 2.05) is 36.1 Å². The Morgan fingerprint density at radius 2 is 1.60 bits per heavy atom. The van der Waals surface area contributed by atoms with E-state index >= 15 is 0 Å². The number of hydrogen-bond donors (Lipinski definition) is 0. The summed E-state index contributed by atoms with van der Waals surface area (Å²) in [5, 5.41) is 0. The van der Waals surface area contributed by atoms with Gasteiger partial charge in [-0.2, -0.15) is 0 Å². The van der Waals surface area contributed by atoms with Gasteiger partial charge in [-0.25, -0.2) is 4.90 Å². The van der Waals surface area contributed by atoms with E-state index in [0.717, 1.165) is 11.1 Å². The largest absolute Gasteiger partial charge is 0.497 e. The van der Waals surface area contributed by atoms with E-state index in [2.05, 4.69) is 0 Å². The van der Waals surface area contributed by atoms with Crippen molar-refractivity contribution in [2.24, 2.45) is 0 Å². The monoisotopic (exact) mass is 408 g/mol. The number of benzene rings is 2. The molecule has 7 nitrogen and oxygen atoms in total. The lowest BCUT2D eigenvalue weighted by atomic mass is 10.0. The van der Waals surface area contributed by atoms with E-state index in [4.69, 9.17) is 14.2 Å². The summed E-state index contributed by atoms with van der Waals surface area (Å²) in [5.41, 5.74) is 3.00. The van der Waals surface area contributed by atoms with Gasteiger partial charge >= 0.3 is 0 Å². The van der Waals surface area contributed by atoms with Gasteiger partial charge in [0.15, 0.2) is 0 Å². The highest BCUT2D eigenvalue weighted by atomic mass is 16.5. The molecule has 0 atom stereocenters. The minimum atomic E-state index is -0.367. The lowest BCUT2D eigenvalue weighted by molar-refractivity contribution is -0.121. The second-order valence-electron chi connectivity index (χ2n) is 7.17. The van der Waals surface area contributed by atoms with Crippen molar-refractivity contribution in [3.05, 3.63) is 59.3 Å². The van der Waals surface area contributed by atoms with E-state index in [-0.39, 0.29) is 11.8 Å². The zero-order chi connectivity index (χ0) is 21.3. The zero-order valence-corrected chi connectivity index (χ0v) is 17.3. The molecule has 0 aliphatic carbocycles. The Morgan fingerprint density at radius 3 is 2.23 bits per heavy atom. The number of imide groups is 1. The number of methoxy groups -OCH3 is 2. The van der Waals surface area contributed by atoms with E-state index in [9.17, 15) is 9.59 Å². The van der Waals surface area contributed by atoms with Gasteiger partial charge in [0.05, 0.1) is 38.7 Å². The van der Waals surface area contributed by atoms with Crippen molar-refractivity contribution in [1.29, 1.82) is 0 Å². The van der Waals surface area contributed by atoms with Crippen molar-refractivity contribution in [3.8, 4) is 11.5 Å². The number of rotatable bonds is 5. The molecule has 4 rings (SSSR count). The van der Waals surface area contributed by atoms with Crippen LogP contribution in [-0.2, 0) is 14.3 Å². The first kappa shape index (κ1) is 20.0. The van der Waals surface area contributed by atoms with Crippen molar-refractivity contribution in [1.82, 2.24) is 4.90 Å². The van der Waals surface area contributed by atoms with Gasteiger partial charge in [-0.1, -0.05) is 29.8 Å². The predicted octanol–water partition coefficient (Wildman–Crippen LogP) is 2.63. The minimum Gasteiger partial charge on any atom is -0.497 e. The van der Waals surface area contributed by atoms with Crippen molar-refractivity contribution in [2.45, 2.75) is 6.92 Å². The summed E-state index contributed by atoms with van der Waals surface area (Å²) in [5.74, 6) is 0.243. The Bertz CT molecular complexity index is 1010. The van der Waals surface area contributed by atoms with Gasteiger partial charge in [-0.15, -0.1) is 0 Å². The molecule has 0 unspecified atom stereocenters. The summed E-state index contributed by atoms with van der Waals surface area (Å²) in [6.45, 7) is 4.11. The Labute approximate surface area is 175 Å². The molecule has 156 valence electrons. The molecule has 2 amide bonds. The molecule has 0 N–H and O–H groups in total. The van der Waals surface area contributed by atoms with Crippen molar-refractivity contribution >= 4 is 23.1 Å². The maximum atomic E-state index is 13.6. The number of nitrogens with zero attached hydrogens (tertiary/aromatic N) is 2. The number of amides is 2. The van der Waals surface area contributed by atoms with Crippen molar-refractivity contribution in [2.75, 3.05) is 45.4 Å². The van der Waals surface area contributed by atoms with E-state index in [1.54, 1.807) is 25.3 Å². The Hall–Kier alpha value is -3.32. The van der Waals surface area contributed by atoms with Crippen LogP contribution in [0, 0.1) is 6.92 Å². The lowest BCUT2D eigenvalue weighted by Gasteiger charge is -2.29. The van der Waals surface area contributed by atoms with Crippen LogP contribution in [0.4, 0.5) is 5.69 Å². The second-order valence-corrected chi connectivity index (χ2v) is 7.17. The minimum absolute atomic E-state index is 0.360. The summed E-state index contributed by atoms with van der Waals surface area (Å²) in [6.07, 6.45) is 0. The van der Waals surface area contributed by atoms with Crippen LogP contribution in [0.3, 0.4) is 0 Å². The average molecular weight is 408 g/mol. The van der Waals surface area contributed by atoms with Gasteiger partial charge in [0.25, 0.3) is 11.8 Å². The number of aryl methyl sites for hydroxylation is 1. The summed E-state index contributed by atoms with van der Waals surface area (Å²) in [6, 6.07) is 12.7. The highest BCUT2D eigenvalue weighted by Gasteiger charge is 2.43. The van der Waals surface area contributed by atoms with Gasteiger partial charge in [0.2, 0.25) is 0 Å². The Morgan fingerprint density at radius 1 is 0.900 bits per heavy atom. The summed E-state index contributed by atoms with van der Waals surface area (Å²) in [4.78, 5) is 30.3. The molecule has 2 heterocycles. The van der Waals surface area contributed by atoms with Crippen LogP contribution in [0.5, 0.6) is 11.5 Å². The lowest BCUT2D eigenvalue weighted by Crippen LogP contribution is -2.40. The van der Waals surface area contributed by atoms with Gasteiger partial charge in [0.1, 0.15) is 17.2 Å². The van der Waals surface area contributed by atoms with Crippen LogP contribution in [0.15, 0.2) is 48.2 Å². The van der Waals surface area contributed by atoms with Crippen LogP contribution in [0.2, 0.25) is 0 Å². The number of carbonyl (C=O) groups is 2. The first-order valence-corrected chi connectivity index (χ1v) is 9.80. The third-order valence-corrected chi connectivity index (χ3v) is 5.35. The molecule has 1 fully saturated rings. The van der Waals surface area contributed by atoms with Crippen LogP contribution >= 0.6 is 0 Å². The van der Waals surface area contributed by atoms with Gasteiger partial charge < -0.3 is 19.1 Å². The van der Waals surface area contributed by atoms with E-state index < -0.39 is 0 Å².